The molecule has 0 unspecified atom stereocenters. The van der Waals surface area contributed by atoms with Crippen molar-refractivity contribution in [1.82, 2.24) is 39.3 Å². The van der Waals surface area contributed by atoms with Crippen molar-refractivity contribution >= 4 is 86.4 Å². The Morgan fingerprint density at radius 2 is 0.960 bits per heavy atom. The SMILES string of the molecule is COc1nc(NC(=O)NS(=O)(=O)c2ccsc2S(C)(=O)=O)nc(OC)n1.Cc1nc(C)nc(NC(=O)NS(=O)(=O)c2ccsc2S(C)(=O)=O)n1. The Hall–Kier alpha value is -4.64. The normalized spacial score (nSPS) is 11.8. The summed E-state index contributed by atoms with van der Waals surface area (Å²) in [5.74, 6) is 0.229. The largest absolute Gasteiger partial charge is 0.467 e. The first-order chi connectivity index (χ1) is 23.1. The van der Waals surface area contributed by atoms with E-state index in [2.05, 4.69) is 40.5 Å². The molecule has 0 bridgehead atoms. The Morgan fingerprint density at radius 1 is 0.600 bits per heavy atom. The molecule has 0 saturated heterocycles. The fraction of sp³-hybridized carbons (Fsp3) is 0.273. The second-order valence-electron chi connectivity index (χ2n) is 9.19. The van der Waals surface area contributed by atoms with Crippen LogP contribution >= 0.6 is 22.7 Å². The lowest BCUT2D eigenvalue weighted by Crippen LogP contribution is -2.35. The molecule has 0 aromatic carbocycles. The summed E-state index contributed by atoms with van der Waals surface area (Å²) in [6.07, 6.45) is 1.75. The molecule has 0 aliphatic heterocycles. The molecule has 0 spiro atoms. The van der Waals surface area contributed by atoms with Gasteiger partial charge in [0.05, 0.1) is 14.2 Å². The third-order valence-corrected chi connectivity index (χ3v) is 14.0. The fourth-order valence-electron chi connectivity index (χ4n) is 3.36. The van der Waals surface area contributed by atoms with Crippen LogP contribution < -0.4 is 29.6 Å². The van der Waals surface area contributed by atoms with Gasteiger partial charge in [-0.05, 0) is 36.7 Å². The topological polar surface area (TPSA) is 315 Å². The van der Waals surface area contributed by atoms with E-state index in [4.69, 9.17) is 9.47 Å². The van der Waals surface area contributed by atoms with Crippen molar-refractivity contribution < 1.29 is 52.7 Å². The van der Waals surface area contributed by atoms with Crippen LogP contribution in [0.2, 0.25) is 0 Å². The Kier molecular flexibility index (Phi) is 12.3. The summed E-state index contributed by atoms with van der Waals surface area (Å²) in [5.41, 5.74) is 0. The number of anilines is 2. The molecule has 50 heavy (non-hydrogen) atoms. The van der Waals surface area contributed by atoms with Crippen LogP contribution in [0.15, 0.2) is 41.1 Å². The van der Waals surface area contributed by atoms with E-state index in [0.717, 1.165) is 47.3 Å². The summed E-state index contributed by atoms with van der Waals surface area (Å²) >= 11 is 1.47. The minimum atomic E-state index is -4.45. The molecular weight excluding hydrogens is 789 g/mol. The monoisotopic (exact) mass is 814 g/mol. The zero-order chi connectivity index (χ0) is 37.7. The summed E-state index contributed by atoms with van der Waals surface area (Å²) in [6, 6.07) is -0.504. The van der Waals surface area contributed by atoms with Crippen molar-refractivity contribution in [3.05, 3.63) is 34.5 Å². The molecule has 4 aromatic rings. The molecular formula is C22H26N10O12S6. The number of hydrogen-bond donors (Lipinski definition) is 4. The third kappa shape index (κ3) is 10.7. The highest BCUT2D eigenvalue weighted by Crippen LogP contribution is 2.27. The summed E-state index contributed by atoms with van der Waals surface area (Å²) in [7, 11) is -13.8. The molecule has 4 rings (SSSR count). The van der Waals surface area contributed by atoms with Crippen LogP contribution in [0, 0.1) is 13.8 Å². The van der Waals surface area contributed by atoms with Crippen LogP contribution in [0.4, 0.5) is 21.5 Å². The first kappa shape index (κ1) is 39.8. The third-order valence-electron chi connectivity index (χ3n) is 5.17. The number of methoxy groups -OCH3 is 2. The number of ether oxygens (including phenoxy) is 2. The molecule has 28 heteroatoms. The number of aromatic nitrogens is 6. The standard InChI is InChI=1S/C11H13N5O7S3.C11H13N5O5S3/c1-22-10-13-8(14-11(15-10)23-2)12-9(17)16-26(20,21)6-4-5-24-7(6)25(3,18)19;1-6-12-7(2)14-10(13-6)15-11(17)16-24(20,21)8-4-5-22-9(8)23(3,18)19/h4-5H,1-3H3,(H2,12,13,14,15,16,17);4-5H,1-3H3,(H2,12,13,14,15,16,17). The lowest BCUT2D eigenvalue weighted by molar-refractivity contribution is 0.255. The quantitative estimate of drug-likeness (QED) is 0.168. The number of hydrogen-bond acceptors (Lipinski definition) is 20. The van der Waals surface area contributed by atoms with Crippen molar-refractivity contribution in [1.29, 1.82) is 0 Å². The molecule has 4 amide bonds. The Morgan fingerprint density at radius 3 is 1.30 bits per heavy atom. The Balaban J connectivity index is 0.000000271. The number of carbonyl (C=O) groups excluding carboxylic acids is 2. The predicted molar refractivity (Wildman–Crippen MR) is 176 cm³/mol. The summed E-state index contributed by atoms with van der Waals surface area (Å²) in [6.45, 7) is 3.16. The van der Waals surface area contributed by atoms with E-state index in [1.54, 1.807) is 23.3 Å². The highest BCUT2D eigenvalue weighted by atomic mass is 32.2. The number of rotatable bonds is 10. The number of nitrogens with one attached hydrogen (secondary N) is 4. The van der Waals surface area contributed by atoms with E-state index in [-0.39, 0.29) is 32.3 Å². The molecule has 0 atom stereocenters. The van der Waals surface area contributed by atoms with E-state index < -0.39 is 61.6 Å². The second-order valence-corrected chi connectivity index (χ2v) is 18.7. The fourth-order valence-corrected chi connectivity index (χ4v) is 11.4. The van der Waals surface area contributed by atoms with E-state index in [0.29, 0.717) is 11.6 Å². The van der Waals surface area contributed by atoms with Gasteiger partial charge in [0, 0.05) is 12.5 Å². The Labute approximate surface area is 293 Å². The molecule has 4 N–H and O–H groups in total. The highest BCUT2D eigenvalue weighted by Gasteiger charge is 2.29. The van der Waals surface area contributed by atoms with Crippen LogP contribution in [0.1, 0.15) is 11.6 Å². The van der Waals surface area contributed by atoms with Gasteiger partial charge in [-0.25, -0.2) is 57.7 Å². The summed E-state index contributed by atoms with van der Waals surface area (Å²) in [5, 5.41) is 6.82. The van der Waals surface area contributed by atoms with Gasteiger partial charge in [0.25, 0.3) is 20.0 Å². The smallest absolute Gasteiger partial charge is 0.335 e. The molecule has 4 aromatic heterocycles. The van der Waals surface area contributed by atoms with E-state index in [1.165, 1.54) is 25.0 Å². The number of thiophene rings is 2. The molecule has 0 aliphatic rings. The molecule has 0 radical (unpaired) electrons. The number of amides is 4. The Bertz CT molecular complexity index is 2320. The maximum atomic E-state index is 12.3. The lowest BCUT2D eigenvalue weighted by Gasteiger charge is -2.09. The van der Waals surface area contributed by atoms with Gasteiger partial charge in [-0.2, -0.15) is 19.9 Å². The number of urea groups is 2. The molecule has 0 fully saturated rings. The maximum Gasteiger partial charge on any atom is 0.335 e. The molecule has 272 valence electrons. The summed E-state index contributed by atoms with van der Waals surface area (Å²) < 4.78 is 108. The highest BCUT2D eigenvalue weighted by molar-refractivity contribution is 7.95. The number of nitrogens with zero attached hydrogens (tertiary/aromatic N) is 6. The van der Waals surface area contributed by atoms with Crippen molar-refractivity contribution in [3.8, 4) is 12.0 Å². The summed E-state index contributed by atoms with van der Waals surface area (Å²) in [4.78, 5) is 45.5. The molecule has 22 nitrogen and oxygen atoms in total. The molecule has 4 heterocycles. The zero-order valence-corrected chi connectivity index (χ0v) is 31.2. The van der Waals surface area contributed by atoms with Crippen molar-refractivity contribution in [2.75, 3.05) is 37.4 Å². The minimum absolute atomic E-state index is 0.124. The van der Waals surface area contributed by atoms with Crippen LogP contribution in [0.25, 0.3) is 0 Å². The minimum Gasteiger partial charge on any atom is -0.467 e. The van der Waals surface area contributed by atoms with Gasteiger partial charge < -0.3 is 9.47 Å². The van der Waals surface area contributed by atoms with Crippen molar-refractivity contribution in [3.63, 3.8) is 0 Å². The van der Waals surface area contributed by atoms with Crippen molar-refractivity contribution in [2.24, 2.45) is 0 Å². The van der Waals surface area contributed by atoms with E-state index in [1.807, 2.05) is 0 Å². The number of sulfonamides is 2. The lowest BCUT2D eigenvalue weighted by atomic mass is 10.6. The number of aryl methyl sites for hydroxylation is 2. The van der Waals surface area contributed by atoms with Crippen LogP contribution in [0.3, 0.4) is 0 Å². The maximum absolute atomic E-state index is 12.3. The molecule has 0 saturated carbocycles. The number of sulfone groups is 2. The van der Waals surface area contributed by atoms with Gasteiger partial charge in [-0.1, -0.05) is 0 Å². The van der Waals surface area contributed by atoms with Crippen LogP contribution in [0.5, 0.6) is 12.0 Å². The average Bonchev–Trinajstić information content (AvgIpc) is 3.68. The van der Waals surface area contributed by atoms with Gasteiger partial charge in [0.15, 0.2) is 19.7 Å². The van der Waals surface area contributed by atoms with Crippen LogP contribution in [-0.2, 0) is 39.7 Å². The van der Waals surface area contributed by atoms with Gasteiger partial charge >= 0.3 is 24.1 Å². The van der Waals surface area contributed by atoms with Crippen molar-refractivity contribution in [2.45, 2.75) is 32.1 Å². The number of carbonyl (C=O) groups is 2. The average molecular weight is 815 g/mol. The van der Waals surface area contributed by atoms with E-state index >= 15 is 0 Å². The predicted octanol–water partition coefficient (Wildman–Crippen LogP) is 0.328. The first-order valence-electron chi connectivity index (χ1n) is 12.8. The van der Waals surface area contributed by atoms with E-state index in [9.17, 15) is 43.3 Å². The second kappa shape index (κ2) is 15.5. The van der Waals surface area contributed by atoms with Gasteiger partial charge in [0.2, 0.25) is 11.9 Å². The first-order valence-corrected chi connectivity index (χ1v) is 21.3. The molecule has 0 aliphatic carbocycles. The zero-order valence-electron chi connectivity index (χ0n) is 26.3. The van der Waals surface area contributed by atoms with Gasteiger partial charge in [-0.3, -0.25) is 10.6 Å². The van der Waals surface area contributed by atoms with Gasteiger partial charge in [-0.15, -0.1) is 27.7 Å². The van der Waals surface area contributed by atoms with Crippen LogP contribution in [-0.4, -0.2) is 102 Å². The van der Waals surface area contributed by atoms with Gasteiger partial charge in [0.1, 0.15) is 29.9 Å².